The molecule has 4 N–H and O–H groups in total. The van der Waals surface area contributed by atoms with E-state index in [-0.39, 0.29) is 5.92 Å². The van der Waals surface area contributed by atoms with Crippen molar-refractivity contribution < 1.29 is 10.2 Å². The van der Waals surface area contributed by atoms with Crippen LogP contribution in [0.5, 0.6) is 0 Å². The normalized spacial score (nSPS) is 18.5. The molecule has 3 atom stereocenters. The maximum absolute atomic E-state index is 12.1. The van der Waals surface area contributed by atoms with Gasteiger partial charge in [-0.1, -0.05) is 29.8 Å². The summed E-state index contributed by atoms with van der Waals surface area (Å²) in [5, 5.41) is 29.9. The molecule has 6 heterocycles. The van der Waals surface area contributed by atoms with E-state index >= 15 is 0 Å². The van der Waals surface area contributed by atoms with E-state index in [1.54, 1.807) is 18.6 Å². The summed E-state index contributed by atoms with van der Waals surface area (Å²) in [6.45, 7) is 5.29. The van der Waals surface area contributed by atoms with Crippen molar-refractivity contribution in [2.24, 2.45) is 7.05 Å². The van der Waals surface area contributed by atoms with Crippen molar-refractivity contribution in [3.8, 4) is 0 Å². The molecule has 2 aliphatic heterocycles. The Balaban J connectivity index is 1.14. The Labute approximate surface area is 285 Å². The van der Waals surface area contributed by atoms with E-state index in [2.05, 4.69) is 74.2 Å². The van der Waals surface area contributed by atoms with Crippen LogP contribution in [0.25, 0.3) is 21.8 Å². The van der Waals surface area contributed by atoms with Crippen LogP contribution < -0.4 is 5.32 Å². The minimum absolute atomic E-state index is 0.0473. The lowest BCUT2D eigenvalue weighted by Crippen LogP contribution is -2.30. The van der Waals surface area contributed by atoms with Gasteiger partial charge in [0.2, 0.25) is 0 Å². The van der Waals surface area contributed by atoms with Gasteiger partial charge < -0.3 is 30.0 Å². The van der Waals surface area contributed by atoms with Gasteiger partial charge in [-0.05, 0) is 84.1 Å². The highest BCUT2D eigenvalue weighted by atomic mass is 35.5. The first-order valence-electron chi connectivity index (χ1n) is 16.7. The highest BCUT2D eigenvalue weighted by molar-refractivity contribution is 6.31. The second-order valence-corrected chi connectivity index (χ2v) is 14.4. The summed E-state index contributed by atoms with van der Waals surface area (Å²) in [6, 6.07) is 16.3. The molecule has 4 aromatic heterocycles. The first-order chi connectivity index (χ1) is 23.2. The van der Waals surface area contributed by atoms with Crippen LogP contribution in [0.4, 0.5) is 0 Å². The van der Waals surface area contributed by atoms with Crippen LogP contribution in [0.1, 0.15) is 69.3 Å². The molecule has 2 aliphatic rings. The zero-order valence-electron chi connectivity index (χ0n) is 27.6. The minimum atomic E-state index is -1.18. The minimum Gasteiger partial charge on any atom is -0.388 e. The van der Waals surface area contributed by atoms with E-state index in [9.17, 15) is 10.2 Å². The molecule has 3 unspecified atom stereocenters. The first-order valence-corrected chi connectivity index (χ1v) is 17.1. The predicted octanol–water partition coefficient (Wildman–Crippen LogP) is 6.05. The van der Waals surface area contributed by atoms with Crippen molar-refractivity contribution in [1.82, 2.24) is 29.7 Å². The zero-order chi connectivity index (χ0) is 33.2. The van der Waals surface area contributed by atoms with Gasteiger partial charge >= 0.3 is 0 Å². The van der Waals surface area contributed by atoms with Crippen LogP contribution >= 0.6 is 11.6 Å². The first kappa shape index (κ1) is 31.2. The van der Waals surface area contributed by atoms with Crippen molar-refractivity contribution in [2.75, 3.05) is 20.1 Å². The fourth-order valence-corrected chi connectivity index (χ4v) is 8.38. The van der Waals surface area contributed by atoms with E-state index in [0.29, 0.717) is 17.9 Å². The van der Waals surface area contributed by atoms with Gasteiger partial charge in [0.15, 0.2) is 0 Å². The molecule has 48 heavy (non-hydrogen) atoms. The number of rotatable bonds is 7. The third-order valence-corrected chi connectivity index (χ3v) is 10.8. The standard InChI is InChI=1S/C39H41ClN6O2/c1-39(48,17-25-14-28(40)16-31-29-9-12-45(2)22-33(29)44-37(25)31)27-13-26(18-42-19-27)32-20-43-21-34-36(32)30-6-4-5-24(38(30)46(34)3)15-35(47)23-7-10-41-11-8-23/h4-8,10-11,13-14,16,18-19,32,35,43-44,47-48H,9,12,15,17,20-22H2,1-3H3. The summed E-state index contributed by atoms with van der Waals surface area (Å²) in [4.78, 5) is 14.8. The Hall–Kier alpha value is -4.05. The lowest BCUT2D eigenvalue weighted by molar-refractivity contribution is 0.0574. The van der Waals surface area contributed by atoms with Gasteiger partial charge in [0.05, 0.1) is 17.2 Å². The molecule has 0 aliphatic carbocycles. The monoisotopic (exact) mass is 660 g/mol. The summed E-state index contributed by atoms with van der Waals surface area (Å²) in [5.41, 5.74) is 10.9. The van der Waals surface area contributed by atoms with Crippen LogP contribution in [-0.2, 0) is 45.0 Å². The van der Waals surface area contributed by atoms with Crippen molar-refractivity contribution in [2.45, 2.75) is 56.9 Å². The average molecular weight is 661 g/mol. The Morgan fingerprint density at radius 3 is 2.71 bits per heavy atom. The summed E-state index contributed by atoms with van der Waals surface area (Å²) < 4.78 is 2.28. The second-order valence-electron chi connectivity index (χ2n) is 13.9. The van der Waals surface area contributed by atoms with E-state index < -0.39 is 11.7 Å². The van der Waals surface area contributed by atoms with E-state index in [1.807, 2.05) is 31.3 Å². The topological polar surface area (TPSA) is 102 Å². The average Bonchev–Trinajstić information content (AvgIpc) is 3.60. The smallest absolute Gasteiger partial charge is 0.0924 e. The fourth-order valence-electron chi connectivity index (χ4n) is 8.14. The number of aryl methyl sites for hydroxylation is 1. The van der Waals surface area contributed by atoms with E-state index in [4.69, 9.17) is 11.6 Å². The maximum Gasteiger partial charge on any atom is 0.0924 e. The van der Waals surface area contributed by atoms with Crippen LogP contribution in [0.15, 0.2) is 73.3 Å². The summed E-state index contributed by atoms with van der Waals surface area (Å²) in [7, 11) is 4.26. The molecule has 0 radical (unpaired) electrons. The Kier molecular flexibility index (Phi) is 7.89. The second kappa shape index (κ2) is 12.1. The molecule has 6 aromatic rings. The Bertz CT molecular complexity index is 2150. The van der Waals surface area contributed by atoms with Crippen molar-refractivity contribution in [3.63, 3.8) is 0 Å². The van der Waals surface area contributed by atoms with Gasteiger partial charge in [0.25, 0.3) is 0 Å². The molecule has 0 spiro atoms. The molecular formula is C39H41ClN6O2. The molecule has 2 aromatic carbocycles. The molecule has 0 saturated carbocycles. The third-order valence-electron chi connectivity index (χ3n) is 10.6. The number of benzene rings is 2. The third kappa shape index (κ3) is 5.42. The number of halogens is 1. The highest BCUT2D eigenvalue weighted by Gasteiger charge is 2.32. The highest BCUT2D eigenvalue weighted by Crippen LogP contribution is 2.41. The number of hydrogen-bond acceptors (Lipinski definition) is 6. The molecule has 9 heteroatoms. The molecule has 0 bridgehead atoms. The number of para-hydroxylation sites is 1. The molecule has 246 valence electrons. The van der Waals surface area contributed by atoms with E-state index in [0.717, 1.165) is 76.8 Å². The summed E-state index contributed by atoms with van der Waals surface area (Å²) in [6.07, 6.45) is 8.42. The molecule has 8 nitrogen and oxygen atoms in total. The van der Waals surface area contributed by atoms with Crippen LogP contribution in [0.2, 0.25) is 5.02 Å². The number of aliphatic hydroxyl groups is 2. The van der Waals surface area contributed by atoms with Crippen LogP contribution in [0.3, 0.4) is 0 Å². The number of aromatic nitrogens is 4. The molecule has 8 rings (SSSR count). The number of nitrogens with one attached hydrogen (secondary N) is 2. The lowest BCUT2D eigenvalue weighted by atomic mass is 9.84. The maximum atomic E-state index is 12.1. The van der Waals surface area contributed by atoms with Crippen LogP contribution in [-0.4, -0.2) is 54.8 Å². The Morgan fingerprint density at radius 1 is 1.04 bits per heavy atom. The van der Waals surface area contributed by atoms with Crippen molar-refractivity contribution in [1.29, 1.82) is 0 Å². The fraction of sp³-hybridized carbons (Fsp3) is 0.333. The van der Waals surface area contributed by atoms with Gasteiger partial charge in [0, 0.05) is 115 Å². The number of pyridine rings is 2. The molecule has 0 amide bonds. The number of nitrogens with zero attached hydrogens (tertiary/aromatic N) is 4. The van der Waals surface area contributed by atoms with Crippen LogP contribution in [0, 0.1) is 0 Å². The quantitative estimate of drug-likeness (QED) is 0.166. The summed E-state index contributed by atoms with van der Waals surface area (Å²) >= 11 is 6.68. The SMILES string of the molecule is CN1CCc2c([nH]c3c(CC(C)(O)c4cncc(C5CNCc6c5c5cccc(CC(O)c7ccncc7)c5n6C)c4)cc(Cl)cc23)C1. The molecular weight excluding hydrogens is 620 g/mol. The lowest BCUT2D eigenvalue weighted by Gasteiger charge is -2.28. The van der Waals surface area contributed by atoms with Gasteiger partial charge in [-0.25, -0.2) is 0 Å². The molecule has 0 saturated heterocycles. The predicted molar refractivity (Wildman–Crippen MR) is 190 cm³/mol. The number of fused-ring (bicyclic) bond motifs is 6. The molecule has 0 fully saturated rings. The number of aliphatic hydroxyl groups excluding tert-OH is 1. The van der Waals surface area contributed by atoms with Gasteiger partial charge in [-0.15, -0.1) is 0 Å². The number of likely N-dealkylation sites (N-methyl/N-ethyl adjacent to an activating group) is 1. The summed E-state index contributed by atoms with van der Waals surface area (Å²) in [5.74, 6) is 0.0473. The van der Waals surface area contributed by atoms with Crippen molar-refractivity contribution in [3.05, 3.63) is 129 Å². The van der Waals surface area contributed by atoms with Gasteiger partial charge in [-0.2, -0.15) is 0 Å². The Morgan fingerprint density at radius 2 is 1.88 bits per heavy atom. The van der Waals surface area contributed by atoms with Gasteiger partial charge in [0.1, 0.15) is 0 Å². The number of aromatic amines is 1. The number of hydrogen-bond donors (Lipinski definition) is 4. The number of H-pyrrole nitrogens is 1. The van der Waals surface area contributed by atoms with Crippen molar-refractivity contribution >= 4 is 33.4 Å². The van der Waals surface area contributed by atoms with Gasteiger partial charge in [-0.3, -0.25) is 9.97 Å². The zero-order valence-corrected chi connectivity index (χ0v) is 28.3. The largest absolute Gasteiger partial charge is 0.388 e. The van der Waals surface area contributed by atoms with E-state index in [1.165, 1.54) is 27.9 Å².